The Morgan fingerprint density at radius 1 is 1.00 bits per heavy atom. The van der Waals surface area contributed by atoms with Crippen LogP contribution in [-0.4, -0.2) is 18.2 Å². The van der Waals surface area contributed by atoms with Gasteiger partial charge in [0.2, 0.25) is 0 Å². The summed E-state index contributed by atoms with van der Waals surface area (Å²) in [5.74, 6) is 0. The second-order valence-corrected chi connectivity index (χ2v) is 7.33. The molecule has 0 aliphatic heterocycles. The molecule has 1 rings (SSSR count). The van der Waals surface area contributed by atoms with E-state index in [1.807, 2.05) is 0 Å². The minimum absolute atomic E-state index is 0.497. The van der Waals surface area contributed by atoms with Crippen LogP contribution in [0.1, 0.15) is 57.1 Å². The van der Waals surface area contributed by atoms with Crippen LogP contribution >= 0.6 is 0 Å². The quantitative estimate of drug-likeness (QED) is 0.553. The molecule has 0 heterocycles. The average molecular weight is 298 g/mol. The summed E-state index contributed by atoms with van der Waals surface area (Å²) in [6.07, 6.45) is 7.01. The van der Waals surface area contributed by atoms with Gasteiger partial charge in [0.15, 0.2) is 0 Å². The molecule has 0 aliphatic rings. The minimum atomic E-state index is -3.88. The van der Waals surface area contributed by atoms with E-state index in [9.17, 15) is 8.42 Å². The van der Waals surface area contributed by atoms with Gasteiger partial charge < -0.3 is 0 Å². The van der Waals surface area contributed by atoms with Crippen molar-refractivity contribution in [3.63, 3.8) is 0 Å². The second kappa shape index (κ2) is 8.42. The number of hydrogen-bond acceptors (Lipinski definition) is 2. The highest BCUT2D eigenvalue weighted by Crippen LogP contribution is 2.13. The van der Waals surface area contributed by atoms with E-state index in [2.05, 4.69) is 31.2 Å². The fourth-order valence-electron chi connectivity index (χ4n) is 2.19. The number of unbranched alkanes of at least 4 members (excludes halogenated alkanes) is 2. The highest BCUT2D eigenvalue weighted by molar-refractivity contribution is 7.86. The van der Waals surface area contributed by atoms with E-state index in [1.54, 1.807) is 6.92 Å². The predicted octanol–water partition coefficient (Wildman–Crippen LogP) is 4.02. The Morgan fingerprint density at radius 3 is 1.95 bits per heavy atom. The number of aryl methyl sites for hydroxylation is 2. The summed E-state index contributed by atoms with van der Waals surface area (Å²) < 4.78 is 30.7. The monoisotopic (exact) mass is 298 g/mol. The lowest BCUT2D eigenvalue weighted by atomic mass is 10.0. The van der Waals surface area contributed by atoms with Crippen molar-refractivity contribution in [3.8, 4) is 0 Å². The fourth-order valence-corrected chi connectivity index (χ4v) is 2.66. The number of rotatable bonds is 9. The topological polar surface area (TPSA) is 54.4 Å². The number of hydrogen-bond donors (Lipinski definition) is 1. The zero-order chi connectivity index (χ0) is 15.0. The third-order valence-corrected chi connectivity index (χ3v) is 4.93. The van der Waals surface area contributed by atoms with E-state index in [0.717, 1.165) is 19.3 Å². The van der Waals surface area contributed by atoms with Crippen molar-refractivity contribution in [1.29, 1.82) is 0 Å². The predicted molar refractivity (Wildman–Crippen MR) is 83.6 cm³/mol. The summed E-state index contributed by atoms with van der Waals surface area (Å²) in [5, 5.41) is -0.671. The van der Waals surface area contributed by atoms with E-state index in [4.69, 9.17) is 4.55 Å². The fraction of sp³-hybridized carbons (Fsp3) is 0.625. The molecule has 114 valence electrons. The summed E-state index contributed by atoms with van der Waals surface area (Å²) in [6.45, 7) is 3.75. The minimum Gasteiger partial charge on any atom is -0.285 e. The Morgan fingerprint density at radius 2 is 1.50 bits per heavy atom. The van der Waals surface area contributed by atoms with Crippen molar-refractivity contribution in [2.45, 2.75) is 64.0 Å². The van der Waals surface area contributed by atoms with Crippen LogP contribution in [0.2, 0.25) is 0 Å². The third kappa shape index (κ3) is 6.53. The molecule has 0 saturated carbocycles. The number of benzene rings is 1. The lowest BCUT2D eigenvalue weighted by molar-refractivity contribution is 0.464. The van der Waals surface area contributed by atoms with Gasteiger partial charge in [-0.15, -0.1) is 0 Å². The van der Waals surface area contributed by atoms with E-state index in [1.165, 1.54) is 30.4 Å². The van der Waals surface area contributed by atoms with Crippen LogP contribution in [0.4, 0.5) is 0 Å². The normalized spacial score (nSPS) is 13.3. The molecule has 0 saturated heterocycles. The standard InChI is InChI=1S/C16H26O3S/c1-3-4-5-8-15-10-12-16(13-11-15)9-6-7-14(2)20(17,18)19/h10-14H,3-9H2,1-2H3,(H,17,18,19). The Bertz CT molecular complexity index is 477. The van der Waals surface area contributed by atoms with Crippen molar-refractivity contribution in [2.75, 3.05) is 0 Å². The summed E-state index contributed by atoms with van der Waals surface area (Å²) in [4.78, 5) is 0. The molecule has 1 N–H and O–H groups in total. The first-order valence-electron chi connectivity index (χ1n) is 7.47. The van der Waals surface area contributed by atoms with Gasteiger partial charge in [-0.1, -0.05) is 44.0 Å². The maximum atomic E-state index is 10.9. The molecule has 0 bridgehead atoms. The van der Waals surface area contributed by atoms with Crippen LogP contribution in [0, 0.1) is 0 Å². The van der Waals surface area contributed by atoms with Gasteiger partial charge in [0.05, 0.1) is 5.25 Å². The lowest BCUT2D eigenvalue weighted by Gasteiger charge is -2.08. The smallest absolute Gasteiger partial charge is 0.267 e. The maximum absolute atomic E-state index is 10.9. The molecule has 4 heteroatoms. The van der Waals surface area contributed by atoms with Gasteiger partial charge in [-0.05, 0) is 50.2 Å². The first-order valence-corrected chi connectivity index (χ1v) is 8.98. The molecule has 1 atom stereocenters. The van der Waals surface area contributed by atoms with Crippen LogP contribution < -0.4 is 0 Å². The van der Waals surface area contributed by atoms with Crippen LogP contribution in [0.25, 0.3) is 0 Å². The summed E-state index contributed by atoms with van der Waals surface area (Å²) in [6, 6.07) is 8.58. The van der Waals surface area contributed by atoms with Crippen molar-refractivity contribution in [1.82, 2.24) is 0 Å². The Kier molecular flexibility index (Phi) is 7.24. The highest BCUT2D eigenvalue weighted by Gasteiger charge is 2.16. The van der Waals surface area contributed by atoms with Gasteiger partial charge in [-0.25, -0.2) is 0 Å². The van der Waals surface area contributed by atoms with Crippen molar-refractivity contribution in [3.05, 3.63) is 35.4 Å². The SMILES string of the molecule is CCCCCc1ccc(CCCC(C)S(=O)(=O)O)cc1. The van der Waals surface area contributed by atoms with Crippen molar-refractivity contribution < 1.29 is 13.0 Å². The van der Waals surface area contributed by atoms with E-state index < -0.39 is 15.4 Å². The largest absolute Gasteiger partial charge is 0.285 e. The lowest BCUT2D eigenvalue weighted by Crippen LogP contribution is -2.16. The molecule has 1 aromatic carbocycles. The molecule has 3 nitrogen and oxygen atoms in total. The Hall–Kier alpha value is -0.870. The Balaban J connectivity index is 2.35. The van der Waals surface area contributed by atoms with Crippen LogP contribution in [0.5, 0.6) is 0 Å². The van der Waals surface area contributed by atoms with Gasteiger partial charge in [0.25, 0.3) is 10.1 Å². The Labute approximate surface area is 123 Å². The van der Waals surface area contributed by atoms with Gasteiger partial charge in [0.1, 0.15) is 0 Å². The van der Waals surface area contributed by atoms with E-state index in [-0.39, 0.29) is 0 Å². The molecule has 0 aliphatic carbocycles. The zero-order valence-electron chi connectivity index (χ0n) is 12.5. The third-order valence-electron chi connectivity index (χ3n) is 3.68. The zero-order valence-corrected chi connectivity index (χ0v) is 13.3. The van der Waals surface area contributed by atoms with Gasteiger partial charge in [0, 0.05) is 0 Å². The van der Waals surface area contributed by atoms with Crippen LogP contribution in [0.15, 0.2) is 24.3 Å². The van der Waals surface area contributed by atoms with Crippen molar-refractivity contribution in [2.24, 2.45) is 0 Å². The molecule has 1 aromatic rings. The van der Waals surface area contributed by atoms with E-state index >= 15 is 0 Å². The maximum Gasteiger partial charge on any atom is 0.267 e. The average Bonchev–Trinajstić information content (AvgIpc) is 2.39. The molecule has 0 amide bonds. The molecule has 20 heavy (non-hydrogen) atoms. The van der Waals surface area contributed by atoms with Crippen molar-refractivity contribution >= 4 is 10.1 Å². The molecular weight excluding hydrogens is 272 g/mol. The van der Waals surface area contributed by atoms with Gasteiger partial charge in [-0.2, -0.15) is 8.42 Å². The van der Waals surface area contributed by atoms with Gasteiger partial charge in [-0.3, -0.25) is 4.55 Å². The highest BCUT2D eigenvalue weighted by atomic mass is 32.2. The second-order valence-electron chi connectivity index (χ2n) is 5.49. The summed E-state index contributed by atoms with van der Waals surface area (Å²) in [5.41, 5.74) is 2.60. The molecule has 0 spiro atoms. The molecule has 1 unspecified atom stereocenters. The van der Waals surface area contributed by atoms with Crippen LogP contribution in [-0.2, 0) is 23.0 Å². The molecule has 0 fully saturated rings. The summed E-state index contributed by atoms with van der Waals surface area (Å²) >= 11 is 0. The molecule has 0 radical (unpaired) electrons. The molecular formula is C16H26O3S. The molecule has 0 aromatic heterocycles. The van der Waals surface area contributed by atoms with Crippen LogP contribution in [0.3, 0.4) is 0 Å². The summed E-state index contributed by atoms with van der Waals surface area (Å²) in [7, 11) is -3.88. The van der Waals surface area contributed by atoms with E-state index in [0.29, 0.717) is 6.42 Å². The first kappa shape index (κ1) is 17.2. The van der Waals surface area contributed by atoms with Gasteiger partial charge >= 0.3 is 0 Å². The first-order chi connectivity index (χ1) is 9.43.